The molecule has 4 N–H and O–H groups in total. The minimum atomic E-state index is -0.262. The van der Waals surface area contributed by atoms with Gasteiger partial charge in [-0.15, -0.1) is 0 Å². The van der Waals surface area contributed by atoms with E-state index in [0.717, 1.165) is 32.4 Å². The average molecular weight is 372 g/mol. The number of rotatable bonds is 5. The first-order valence-corrected chi connectivity index (χ1v) is 9.78. The fraction of sp³-hybridized carbons (Fsp3) is 0.421. The van der Waals surface area contributed by atoms with Gasteiger partial charge in [-0.3, -0.25) is 4.79 Å². The first-order chi connectivity index (χ1) is 12.5. The Morgan fingerprint density at radius 2 is 1.81 bits per heavy atom. The van der Waals surface area contributed by atoms with Crippen molar-refractivity contribution >= 4 is 29.3 Å². The van der Waals surface area contributed by atoms with Crippen molar-refractivity contribution in [3.63, 3.8) is 0 Å². The highest BCUT2D eigenvalue weighted by atomic mass is 32.2. The van der Waals surface area contributed by atoms with Crippen molar-refractivity contribution in [2.24, 2.45) is 5.92 Å². The van der Waals surface area contributed by atoms with Crippen molar-refractivity contribution < 1.29 is 4.79 Å². The predicted molar refractivity (Wildman–Crippen MR) is 106 cm³/mol. The Balaban J connectivity index is 1.51. The molecule has 0 radical (unpaired) electrons. The number of nitrogens with two attached hydrogens (primary N) is 2. The molecule has 1 saturated heterocycles. The predicted octanol–water partition coefficient (Wildman–Crippen LogP) is 2.60. The lowest BCUT2D eigenvalue weighted by atomic mass is 9.90. The number of carbonyl (C=O) groups excluding carboxylic acids is 1. The third kappa shape index (κ3) is 4.88. The van der Waals surface area contributed by atoms with Crippen LogP contribution >= 0.6 is 11.8 Å². The van der Waals surface area contributed by atoms with Crippen molar-refractivity contribution in [2.45, 2.75) is 36.6 Å². The largest absolute Gasteiger partial charge is 0.383 e. The topological polar surface area (TPSA) is 98.1 Å². The van der Waals surface area contributed by atoms with Crippen LogP contribution in [0, 0.1) is 5.92 Å². The van der Waals surface area contributed by atoms with Gasteiger partial charge in [0.05, 0.1) is 5.25 Å². The Morgan fingerprint density at radius 3 is 2.42 bits per heavy atom. The van der Waals surface area contributed by atoms with Gasteiger partial charge in [-0.2, -0.15) is 0 Å². The smallest absolute Gasteiger partial charge is 0.235 e. The van der Waals surface area contributed by atoms with Gasteiger partial charge in [-0.1, -0.05) is 42.1 Å². The Bertz CT molecular complexity index is 727. The average Bonchev–Trinajstić information content (AvgIpc) is 2.62. The van der Waals surface area contributed by atoms with Crippen molar-refractivity contribution in [3.05, 3.63) is 42.0 Å². The number of amides is 1. The van der Waals surface area contributed by atoms with Gasteiger partial charge in [0.25, 0.3) is 0 Å². The molecular weight excluding hydrogens is 346 g/mol. The lowest BCUT2D eigenvalue weighted by Crippen LogP contribution is -2.42. The summed E-state index contributed by atoms with van der Waals surface area (Å²) in [5.74, 6) is 1.40. The van der Waals surface area contributed by atoms with E-state index in [0.29, 0.717) is 22.7 Å². The van der Waals surface area contributed by atoms with Crippen LogP contribution in [0.1, 0.15) is 25.3 Å². The number of piperidine rings is 1. The van der Waals surface area contributed by atoms with Crippen LogP contribution in [0.3, 0.4) is 0 Å². The zero-order valence-corrected chi connectivity index (χ0v) is 15.8. The molecule has 2 heterocycles. The highest BCUT2D eigenvalue weighted by Gasteiger charge is 2.27. The second-order valence-electron chi connectivity index (χ2n) is 6.72. The summed E-state index contributed by atoms with van der Waals surface area (Å²) in [6.45, 7) is 3.49. The van der Waals surface area contributed by atoms with Crippen molar-refractivity contribution in [2.75, 3.05) is 24.6 Å². The summed E-state index contributed by atoms with van der Waals surface area (Å²) in [6, 6.07) is 12.1. The van der Waals surface area contributed by atoms with E-state index in [1.165, 1.54) is 23.4 Å². The molecule has 0 bridgehead atoms. The van der Waals surface area contributed by atoms with Gasteiger partial charge in [0.1, 0.15) is 11.6 Å². The minimum absolute atomic E-state index is 0.123. The number of nitrogen functional groups attached to an aromatic ring is 2. The summed E-state index contributed by atoms with van der Waals surface area (Å²) >= 11 is 1.30. The maximum Gasteiger partial charge on any atom is 0.235 e. The van der Waals surface area contributed by atoms with Crippen molar-refractivity contribution in [1.82, 2.24) is 14.9 Å². The Hall–Kier alpha value is -2.28. The molecule has 3 rings (SSSR count). The fourth-order valence-electron chi connectivity index (χ4n) is 3.29. The zero-order chi connectivity index (χ0) is 18.5. The van der Waals surface area contributed by atoms with Crippen molar-refractivity contribution in [3.8, 4) is 0 Å². The lowest BCUT2D eigenvalue weighted by Gasteiger charge is -2.33. The van der Waals surface area contributed by atoms with Crippen LogP contribution in [0.2, 0.25) is 0 Å². The Kier molecular flexibility index (Phi) is 5.98. The third-order valence-electron chi connectivity index (χ3n) is 4.67. The second kappa shape index (κ2) is 8.40. The molecule has 1 aliphatic heterocycles. The van der Waals surface area contributed by atoms with E-state index in [-0.39, 0.29) is 11.2 Å². The molecule has 1 fully saturated rings. The quantitative estimate of drug-likeness (QED) is 0.619. The lowest BCUT2D eigenvalue weighted by molar-refractivity contribution is -0.131. The molecule has 1 aromatic heterocycles. The van der Waals surface area contributed by atoms with Crippen LogP contribution in [0.25, 0.3) is 0 Å². The maximum atomic E-state index is 12.7. The van der Waals surface area contributed by atoms with Crippen molar-refractivity contribution in [1.29, 1.82) is 0 Å². The number of aromatic nitrogens is 2. The summed E-state index contributed by atoms with van der Waals surface area (Å²) in [7, 11) is 0. The molecule has 2 aromatic rings. The molecule has 1 aromatic carbocycles. The molecule has 1 amide bonds. The fourth-order valence-corrected chi connectivity index (χ4v) is 4.17. The van der Waals surface area contributed by atoms with Gasteiger partial charge in [0.2, 0.25) is 5.91 Å². The van der Waals surface area contributed by atoms with E-state index in [1.807, 2.05) is 17.9 Å². The number of thioether (sulfide) groups is 1. The number of benzene rings is 1. The standard InChI is InChI=1S/C19H25N5OS/c1-13(26-19-22-16(20)12-17(21)23-19)18(25)24-9-7-15(8-10-24)11-14-5-3-2-4-6-14/h2-6,12-13,15H,7-11H2,1H3,(H4,20,21,22,23). The molecule has 0 spiro atoms. The zero-order valence-electron chi connectivity index (χ0n) is 15.0. The molecule has 1 atom stereocenters. The molecule has 0 aliphatic carbocycles. The summed E-state index contributed by atoms with van der Waals surface area (Å²) in [6.07, 6.45) is 3.17. The third-order valence-corrected chi connectivity index (χ3v) is 5.62. The van der Waals surface area contributed by atoms with Gasteiger partial charge in [0, 0.05) is 19.2 Å². The van der Waals surface area contributed by atoms with Gasteiger partial charge >= 0.3 is 0 Å². The van der Waals surface area contributed by atoms with Crippen LogP contribution < -0.4 is 11.5 Å². The van der Waals surface area contributed by atoms with Gasteiger partial charge in [-0.05, 0) is 37.7 Å². The van der Waals surface area contributed by atoms with E-state index < -0.39 is 0 Å². The minimum Gasteiger partial charge on any atom is -0.383 e. The normalized spacial score (nSPS) is 16.4. The monoisotopic (exact) mass is 371 g/mol. The molecule has 26 heavy (non-hydrogen) atoms. The molecule has 1 unspecified atom stereocenters. The number of anilines is 2. The first kappa shape index (κ1) is 18.5. The van der Waals surface area contributed by atoms with E-state index >= 15 is 0 Å². The second-order valence-corrected chi connectivity index (χ2v) is 8.03. The number of hydrogen-bond donors (Lipinski definition) is 2. The van der Waals surface area contributed by atoms with E-state index in [9.17, 15) is 4.79 Å². The molecule has 138 valence electrons. The SMILES string of the molecule is CC(Sc1nc(N)cc(N)n1)C(=O)N1CCC(Cc2ccccc2)CC1. The van der Waals surface area contributed by atoms with Gasteiger partial charge in [-0.25, -0.2) is 9.97 Å². The summed E-state index contributed by atoms with van der Waals surface area (Å²) in [5.41, 5.74) is 12.8. The Morgan fingerprint density at radius 1 is 1.19 bits per heavy atom. The highest BCUT2D eigenvalue weighted by molar-refractivity contribution is 8.00. The van der Waals surface area contributed by atoms with Crippen LogP contribution in [-0.2, 0) is 11.2 Å². The van der Waals surface area contributed by atoms with Crippen LogP contribution in [0.15, 0.2) is 41.6 Å². The number of likely N-dealkylation sites (tertiary alicyclic amines) is 1. The molecule has 7 heteroatoms. The van der Waals surface area contributed by atoms with Crippen LogP contribution in [0.4, 0.5) is 11.6 Å². The summed E-state index contributed by atoms with van der Waals surface area (Å²) in [4.78, 5) is 23.0. The number of carbonyl (C=O) groups is 1. The first-order valence-electron chi connectivity index (χ1n) is 8.90. The number of nitrogens with zero attached hydrogens (tertiary/aromatic N) is 3. The van der Waals surface area contributed by atoms with E-state index in [1.54, 1.807) is 0 Å². The van der Waals surface area contributed by atoms with E-state index in [4.69, 9.17) is 11.5 Å². The maximum absolute atomic E-state index is 12.7. The number of hydrogen-bond acceptors (Lipinski definition) is 6. The molecule has 1 aliphatic rings. The van der Waals surface area contributed by atoms with E-state index in [2.05, 4.69) is 34.2 Å². The van der Waals surface area contributed by atoms with Gasteiger partial charge < -0.3 is 16.4 Å². The molecular formula is C19H25N5OS. The summed E-state index contributed by atoms with van der Waals surface area (Å²) < 4.78 is 0. The molecule has 6 nitrogen and oxygen atoms in total. The Labute approximate surface area is 158 Å². The summed E-state index contributed by atoms with van der Waals surface area (Å²) in [5, 5.41) is 0.184. The molecule has 0 saturated carbocycles. The highest BCUT2D eigenvalue weighted by Crippen LogP contribution is 2.26. The van der Waals surface area contributed by atoms with Crippen LogP contribution in [0.5, 0.6) is 0 Å². The van der Waals surface area contributed by atoms with Gasteiger partial charge in [0.15, 0.2) is 5.16 Å². The van der Waals surface area contributed by atoms with Crippen LogP contribution in [-0.4, -0.2) is 39.1 Å².